The van der Waals surface area contributed by atoms with Crippen LogP contribution in [0.1, 0.15) is 24.0 Å². The summed E-state index contributed by atoms with van der Waals surface area (Å²) >= 11 is 6.04. The first-order valence-corrected chi connectivity index (χ1v) is 7.35. The molecule has 4 atom stereocenters. The molecule has 2 aliphatic heterocycles. The SMILES string of the molecule is Cc1ccc(Cl)cc1C1=C(O)[C@@H]2C3CCC(O3)[C@@H]2C1=O. The van der Waals surface area contributed by atoms with Crippen LogP contribution in [0.4, 0.5) is 0 Å². The van der Waals surface area contributed by atoms with Crippen LogP contribution in [-0.2, 0) is 9.53 Å². The van der Waals surface area contributed by atoms with Gasteiger partial charge >= 0.3 is 0 Å². The lowest BCUT2D eigenvalue weighted by molar-refractivity contribution is -0.118. The maximum absolute atomic E-state index is 12.7. The van der Waals surface area contributed by atoms with E-state index in [1.165, 1.54) is 0 Å². The third kappa shape index (κ3) is 1.48. The fraction of sp³-hybridized carbons (Fsp3) is 0.438. The highest BCUT2D eigenvalue weighted by atomic mass is 35.5. The average molecular weight is 291 g/mol. The minimum Gasteiger partial charge on any atom is -0.511 e. The Morgan fingerprint density at radius 3 is 2.65 bits per heavy atom. The molecular weight excluding hydrogens is 276 g/mol. The second-order valence-corrected chi connectivity index (χ2v) is 6.36. The first kappa shape index (κ1) is 12.4. The summed E-state index contributed by atoms with van der Waals surface area (Å²) < 4.78 is 5.78. The Hall–Kier alpha value is -1.32. The number of halogens is 1. The van der Waals surface area contributed by atoms with Crippen molar-refractivity contribution in [2.45, 2.75) is 32.0 Å². The second-order valence-electron chi connectivity index (χ2n) is 5.93. The number of rotatable bonds is 1. The van der Waals surface area contributed by atoms with Gasteiger partial charge in [-0.05, 0) is 43.0 Å². The third-order valence-corrected chi connectivity index (χ3v) is 5.10. The van der Waals surface area contributed by atoms with Crippen LogP contribution < -0.4 is 0 Å². The summed E-state index contributed by atoms with van der Waals surface area (Å²) in [5.74, 6) is -0.112. The number of aliphatic hydroxyl groups is 1. The molecule has 2 heterocycles. The maximum atomic E-state index is 12.7. The number of carbonyl (C=O) groups excluding carboxylic acids is 1. The Balaban J connectivity index is 1.86. The van der Waals surface area contributed by atoms with Gasteiger partial charge < -0.3 is 9.84 Å². The number of aryl methyl sites for hydroxylation is 1. The molecule has 2 bridgehead atoms. The number of ketones is 1. The fourth-order valence-electron chi connectivity index (χ4n) is 3.95. The van der Waals surface area contributed by atoms with E-state index in [0.717, 1.165) is 24.0 Å². The van der Waals surface area contributed by atoms with E-state index in [1.807, 2.05) is 13.0 Å². The minimum atomic E-state index is -0.192. The van der Waals surface area contributed by atoms with Crippen LogP contribution in [0.25, 0.3) is 5.57 Å². The van der Waals surface area contributed by atoms with E-state index in [1.54, 1.807) is 12.1 Å². The van der Waals surface area contributed by atoms with Crippen LogP contribution in [0.15, 0.2) is 24.0 Å². The molecule has 2 fully saturated rings. The number of hydrogen-bond donors (Lipinski definition) is 1. The molecule has 1 N–H and O–H groups in total. The van der Waals surface area contributed by atoms with Crippen LogP contribution in [0.2, 0.25) is 5.02 Å². The van der Waals surface area contributed by atoms with Gasteiger partial charge in [0.2, 0.25) is 0 Å². The van der Waals surface area contributed by atoms with Gasteiger partial charge in [-0.25, -0.2) is 0 Å². The molecule has 2 saturated heterocycles. The van der Waals surface area contributed by atoms with Gasteiger partial charge in [-0.15, -0.1) is 0 Å². The monoisotopic (exact) mass is 290 g/mol. The van der Waals surface area contributed by atoms with Crippen LogP contribution >= 0.6 is 11.6 Å². The van der Waals surface area contributed by atoms with E-state index in [2.05, 4.69) is 0 Å². The maximum Gasteiger partial charge on any atom is 0.173 e. The van der Waals surface area contributed by atoms with E-state index in [-0.39, 0.29) is 35.6 Å². The highest BCUT2D eigenvalue weighted by molar-refractivity contribution is 6.31. The minimum absolute atomic E-state index is 0.00550. The van der Waals surface area contributed by atoms with Gasteiger partial charge in [0.25, 0.3) is 0 Å². The van der Waals surface area contributed by atoms with Gasteiger partial charge in [-0.1, -0.05) is 17.7 Å². The van der Waals surface area contributed by atoms with Crippen molar-refractivity contribution in [2.24, 2.45) is 11.8 Å². The van der Waals surface area contributed by atoms with Crippen LogP contribution in [0.5, 0.6) is 0 Å². The van der Waals surface area contributed by atoms with E-state index in [0.29, 0.717) is 10.6 Å². The summed E-state index contributed by atoms with van der Waals surface area (Å²) in [5, 5.41) is 11.1. The summed E-state index contributed by atoms with van der Waals surface area (Å²) in [6, 6.07) is 5.44. The highest BCUT2D eigenvalue weighted by Gasteiger charge is 2.59. The molecule has 4 rings (SSSR count). The number of hydrogen-bond acceptors (Lipinski definition) is 3. The Morgan fingerprint density at radius 1 is 1.25 bits per heavy atom. The molecule has 1 aromatic rings. The Morgan fingerprint density at radius 2 is 1.95 bits per heavy atom. The van der Waals surface area contributed by atoms with Crippen molar-refractivity contribution >= 4 is 23.0 Å². The lowest BCUT2D eigenvalue weighted by Gasteiger charge is -2.19. The van der Waals surface area contributed by atoms with Gasteiger partial charge in [-0.3, -0.25) is 4.79 Å². The van der Waals surface area contributed by atoms with Gasteiger partial charge in [0, 0.05) is 5.02 Å². The number of benzene rings is 1. The standard InChI is InChI=1S/C16H15ClO3/c1-7-2-3-8(17)6-9(7)12-15(18)13-10-4-5-11(20-10)14(13)16(12)19/h2-3,6,10-11,13-14,18H,4-5H2,1H3/t10?,11?,13-,14+/m1/s1. The lowest BCUT2D eigenvalue weighted by atomic mass is 9.80. The van der Waals surface area contributed by atoms with Crippen LogP contribution in [0, 0.1) is 18.8 Å². The number of carbonyl (C=O) groups is 1. The number of Topliss-reactive ketones (excluding diaryl/α,β-unsaturated/α-hetero) is 1. The molecule has 1 aromatic carbocycles. The molecule has 0 aromatic heterocycles. The molecular formula is C16H15ClO3. The zero-order chi connectivity index (χ0) is 14.0. The third-order valence-electron chi connectivity index (χ3n) is 4.86. The predicted molar refractivity (Wildman–Crippen MR) is 75.6 cm³/mol. The molecule has 0 saturated carbocycles. The zero-order valence-electron chi connectivity index (χ0n) is 11.1. The second kappa shape index (κ2) is 4.09. The quantitative estimate of drug-likeness (QED) is 0.863. The lowest BCUT2D eigenvalue weighted by Crippen LogP contribution is -2.29. The van der Waals surface area contributed by atoms with E-state index >= 15 is 0 Å². The van der Waals surface area contributed by atoms with Crippen molar-refractivity contribution < 1.29 is 14.6 Å². The molecule has 0 amide bonds. The molecule has 3 nitrogen and oxygen atoms in total. The van der Waals surface area contributed by atoms with E-state index in [9.17, 15) is 9.90 Å². The summed E-state index contributed by atoms with van der Waals surface area (Å²) in [5.41, 5.74) is 2.17. The van der Waals surface area contributed by atoms with Crippen molar-refractivity contribution in [1.82, 2.24) is 0 Å². The number of ether oxygens (including phenoxy) is 1. The molecule has 4 heteroatoms. The Bertz CT molecular complexity index is 649. The largest absolute Gasteiger partial charge is 0.511 e. The molecule has 0 radical (unpaired) electrons. The van der Waals surface area contributed by atoms with Crippen molar-refractivity contribution in [3.05, 3.63) is 40.1 Å². The van der Waals surface area contributed by atoms with Gasteiger partial charge in [-0.2, -0.15) is 0 Å². The molecule has 3 aliphatic rings. The number of fused-ring (bicyclic) bond motifs is 5. The van der Waals surface area contributed by atoms with Gasteiger partial charge in [0.1, 0.15) is 5.76 Å². The number of aliphatic hydroxyl groups excluding tert-OH is 1. The average Bonchev–Trinajstić information content (AvgIpc) is 3.08. The van der Waals surface area contributed by atoms with Crippen LogP contribution in [0.3, 0.4) is 0 Å². The van der Waals surface area contributed by atoms with Crippen LogP contribution in [-0.4, -0.2) is 23.1 Å². The molecule has 2 unspecified atom stereocenters. The molecule has 20 heavy (non-hydrogen) atoms. The van der Waals surface area contributed by atoms with Gasteiger partial charge in [0.05, 0.1) is 29.6 Å². The summed E-state index contributed by atoms with van der Waals surface area (Å²) in [7, 11) is 0. The van der Waals surface area contributed by atoms with Gasteiger partial charge in [0.15, 0.2) is 5.78 Å². The summed E-state index contributed by atoms with van der Waals surface area (Å²) in [6.45, 7) is 1.93. The zero-order valence-corrected chi connectivity index (χ0v) is 11.9. The smallest absolute Gasteiger partial charge is 0.173 e. The molecule has 104 valence electrons. The van der Waals surface area contributed by atoms with Crippen molar-refractivity contribution in [1.29, 1.82) is 0 Å². The predicted octanol–water partition coefficient (Wildman–Crippen LogP) is 3.29. The van der Waals surface area contributed by atoms with Crippen molar-refractivity contribution in [3.63, 3.8) is 0 Å². The summed E-state index contributed by atoms with van der Waals surface area (Å²) in [4.78, 5) is 12.7. The normalized spacial score (nSPS) is 35.0. The van der Waals surface area contributed by atoms with E-state index in [4.69, 9.17) is 16.3 Å². The number of allylic oxidation sites excluding steroid dienone is 1. The topological polar surface area (TPSA) is 46.5 Å². The summed E-state index contributed by atoms with van der Waals surface area (Å²) in [6.07, 6.45) is 1.85. The Kier molecular flexibility index (Phi) is 2.54. The van der Waals surface area contributed by atoms with Crippen molar-refractivity contribution in [2.75, 3.05) is 0 Å². The molecule has 0 spiro atoms. The first-order valence-electron chi connectivity index (χ1n) is 6.97. The highest BCUT2D eigenvalue weighted by Crippen LogP contribution is 2.53. The fourth-order valence-corrected chi connectivity index (χ4v) is 4.12. The first-order chi connectivity index (χ1) is 9.58. The molecule has 1 aliphatic carbocycles. The van der Waals surface area contributed by atoms with Crippen molar-refractivity contribution in [3.8, 4) is 0 Å². The van der Waals surface area contributed by atoms with E-state index < -0.39 is 0 Å². The Labute approximate surface area is 122 Å².